The average Bonchev–Trinajstić information content (AvgIpc) is 3.22. The summed E-state index contributed by atoms with van der Waals surface area (Å²) < 4.78 is 14.5. The Labute approximate surface area is 214 Å². The van der Waals surface area contributed by atoms with Gasteiger partial charge in [0.1, 0.15) is 30.3 Å². The standard InChI is InChI=1S/C28H27N7O2/c1-17-11-18(3-8-25(17)37-20-4-6-23-22(12-20)32-16-34(23)2)33-28-26-21(30-15-31-28)5-7-24-27(26)36-14-19-13-35(24)10-9-29-19/h3-8,11-12,15-16,19,29H,9-10,13-14H2,1-2H3,(H,30,31,33)/t19-/m1/s1. The van der Waals surface area contributed by atoms with Crippen molar-refractivity contribution in [3.8, 4) is 17.2 Å². The van der Waals surface area contributed by atoms with Crippen LogP contribution >= 0.6 is 0 Å². The third kappa shape index (κ3) is 3.88. The van der Waals surface area contributed by atoms with Crippen LogP contribution in [0.15, 0.2) is 61.2 Å². The number of rotatable bonds is 4. The van der Waals surface area contributed by atoms with Gasteiger partial charge in [-0.1, -0.05) is 0 Å². The van der Waals surface area contributed by atoms with E-state index < -0.39 is 0 Å². The molecule has 2 aliphatic rings. The van der Waals surface area contributed by atoms with E-state index in [0.29, 0.717) is 12.6 Å². The first-order chi connectivity index (χ1) is 18.1. The summed E-state index contributed by atoms with van der Waals surface area (Å²) in [4.78, 5) is 15.9. The van der Waals surface area contributed by atoms with Gasteiger partial charge in [-0.3, -0.25) is 0 Å². The first-order valence-electron chi connectivity index (χ1n) is 12.5. The van der Waals surface area contributed by atoms with Gasteiger partial charge < -0.3 is 29.6 Å². The van der Waals surface area contributed by atoms with Crippen molar-refractivity contribution in [3.05, 3.63) is 66.7 Å². The van der Waals surface area contributed by atoms with E-state index in [9.17, 15) is 0 Å². The second-order valence-electron chi connectivity index (χ2n) is 9.65. The summed E-state index contributed by atoms with van der Waals surface area (Å²) in [5, 5.41) is 7.94. The Balaban J connectivity index is 1.20. The molecule has 3 aromatic carbocycles. The van der Waals surface area contributed by atoms with E-state index in [1.54, 1.807) is 12.7 Å². The van der Waals surface area contributed by atoms with Crippen molar-refractivity contribution in [1.29, 1.82) is 0 Å². The number of fused-ring (bicyclic) bond motifs is 7. The first-order valence-corrected chi connectivity index (χ1v) is 12.5. The van der Waals surface area contributed by atoms with Gasteiger partial charge >= 0.3 is 0 Å². The molecule has 0 saturated carbocycles. The summed E-state index contributed by atoms with van der Waals surface area (Å²) in [6.45, 7) is 5.48. The normalized spacial score (nSPS) is 16.8. The van der Waals surface area contributed by atoms with Crippen molar-refractivity contribution < 1.29 is 9.47 Å². The number of aromatic nitrogens is 4. The summed E-state index contributed by atoms with van der Waals surface area (Å²) in [7, 11) is 1.98. The van der Waals surface area contributed by atoms with E-state index in [2.05, 4.69) is 42.6 Å². The molecular formula is C28H27N7O2. The molecule has 37 heavy (non-hydrogen) atoms. The van der Waals surface area contributed by atoms with Crippen LogP contribution in [0, 0.1) is 6.92 Å². The minimum atomic E-state index is 0.311. The fourth-order valence-electron chi connectivity index (χ4n) is 5.23. The van der Waals surface area contributed by atoms with E-state index in [-0.39, 0.29) is 0 Å². The zero-order chi connectivity index (χ0) is 24.9. The van der Waals surface area contributed by atoms with Crippen LogP contribution in [0.4, 0.5) is 17.2 Å². The number of aryl methyl sites for hydroxylation is 2. The summed E-state index contributed by atoms with van der Waals surface area (Å²) in [6.07, 6.45) is 3.40. The van der Waals surface area contributed by atoms with Crippen LogP contribution in [0.1, 0.15) is 5.56 Å². The molecule has 2 aromatic heterocycles. The maximum absolute atomic E-state index is 6.34. The lowest BCUT2D eigenvalue weighted by Gasteiger charge is -2.32. The number of nitrogens with zero attached hydrogens (tertiary/aromatic N) is 5. The third-order valence-corrected chi connectivity index (χ3v) is 7.12. The monoisotopic (exact) mass is 493 g/mol. The summed E-state index contributed by atoms with van der Waals surface area (Å²) >= 11 is 0. The number of imidazole rings is 1. The van der Waals surface area contributed by atoms with Crippen molar-refractivity contribution >= 4 is 39.1 Å². The molecule has 0 radical (unpaired) electrons. The van der Waals surface area contributed by atoms with Crippen molar-refractivity contribution in [3.63, 3.8) is 0 Å². The molecular weight excluding hydrogens is 466 g/mol. The van der Waals surface area contributed by atoms with E-state index in [1.807, 2.05) is 54.9 Å². The highest BCUT2D eigenvalue weighted by atomic mass is 16.5. The fraction of sp³-hybridized carbons (Fsp3) is 0.250. The van der Waals surface area contributed by atoms with Crippen molar-refractivity contribution in [2.75, 3.05) is 36.5 Å². The lowest BCUT2D eigenvalue weighted by atomic mass is 10.1. The van der Waals surface area contributed by atoms with E-state index in [1.165, 1.54) is 0 Å². The van der Waals surface area contributed by atoms with Crippen LogP contribution in [-0.2, 0) is 7.05 Å². The maximum Gasteiger partial charge on any atom is 0.155 e. The van der Waals surface area contributed by atoms with Gasteiger partial charge in [-0.05, 0) is 55.0 Å². The minimum absolute atomic E-state index is 0.311. The van der Waals surface area contributed by atoms with E-state index >= 15 is 0 Å². The van der Waals surface area contributed by atoms with E-state index in [4.69, 9.17) is 9.47 Å². The molecule has 0 spiro atoms. The lowest BCUT2D eigenvalue weighted by molar-refractivity contribution is 0.273. The molecule has 1 atom stereocenters. The molecule has 1 saturated heterocycles. The van der Waals surface area contributed by atoms with Crippen LogP contribution in [0.5, 0.6) is 17.2 Å². The van der Waals surface area contributed by atoms with Gasteiger partial charge in [-0.2, -0.15) is 0 Å². The van der Waals surface area contributed by atoms with Crippen molar-refractivity contribution in [2.24, 2.45) is 7.05 Å². The Morgan fingerprint density at radius 3 is 2.92 bits per heavy atom. The highest BCUT2D eigenvalue weighted by Crippen LogP contribution is 2.41. The number of ether oxygens (including phenoxy) is 2. The van der Waals surface area contributed by atoms with Gasteiger partial charge in [-0.15, -0.1) is 0 Å². The second kappa shape index (κ2) is 8.63. The number of hydrogen-bond acceptors (Lipinski definition) is 8. The Hall–Kier alpha value is -4.37. The SMILES string of the molecule is Cc1cc(Nc2ncnc3ccc4c(c23)OC[C@H]2CN4CCN2)ccc1Oc1ccc2c(c1)ncn2C. The highest BCUT2D eigenvalue weighted by Gasteiger charge is 2.28. The molecule has 9 nitrogen and oxygen atoms in total. The van der Waals surface area contributed by atoms with Crippen LogP contribution in [0.25, 0.3) is 21.9 Å². The van der Waals surface area contributed by atoms with Gasteiger partial charge in [0.2, 0.25) is 0 Å². The molecule has 186 valence electrons. The van der Waals surface area contributed by atoms with Crippen LogP contribution < -0.4 is 25.0 Å². The zero-order valence-corrected chi connectivity index (χ0v) is 20.7. The molecule has 2 bridgehead atoms. The summed E-state index contributed by atoms with van der Waals surface area (Å²) in [6, 6.07) is 16.5. The first kappa shape index (κ1) is 21.9. The predicted octanol–water partition coefficient (Wildman–Crippen LogP) is 4.53. The molecule has 5 aromatic rings. The Morgan fingerprint density at radius 2 is 2.00 bits per heavy atom. The van der Waals surface area contributed by atoms with Crippen LogP contribution in [-0.4, -0.2) is 51.8 Å². The summed E-state index contributed by atoms with van der Waals surface area (Å²) in [5.41, 5.74) is 5.84. The van der Waals surface area contributed by atoms with Crippen LogP contribution in [0.2, 0.25) is 0 Å². The molecule has 0 aliphatic carbocycles. The topological polar surface area (TPSA) is 89.4 Å². The number of benzene rings is 3. The largest absolute Gasteiger partial charge is 0.489 e. The fourth-order valence-corrected chi connectivity index (χ4v) is 5.23. The van der Waals surface area contributed by atoms with Gasteiger partial charge in [0.15, 0.2) is 5.75 Å². The van der Waals surface area contributed by atoms with Crippen molar-refractivity contribution in [1.82, 2.24) is 24.8 Å². The maximum atomic E-state index is 6.34. The second-order valence-corrected chi connectivity index (χ2v) is 9.65. The van der Waals surface area contributed by atoms with Crippen LogP contribution in [0.3, 0.4) is 0 Å². The van der Waals surface area contributed by atoms with Gasteiger partial charge in [-0.25, -0.2) is 15.0 Å². The molecule has 7 rings (SSSR count). The Morgan fingerprint density at radius 1 is 1.05 bits per heavy atom. The number of hydrogen-bond donors (Lipinski definition) is 2. The molecule has 4 heterocycles. The molecule has 2 aliphatic heterocycles. The lowest BCUT2D eigenvalue weighted by Crippen LogP contribution is -2.51. The highest BCUT2D eigenvalue weighted by molar-refractivity contribution is 6.00. The minimum Gasteiger partial charge on any atom is -0.489 e. The average molecular weight is 494 g/mol. The molecule has 0 amide bonds. The molecule has 0 unspecified atom stereocenters. The number of nitrogens with one attached hydrogen (secondary N) is 2. The van der Waals surface area contributed by atoms with Crippen molar-refractivity contribution in [2.45, 2.75) is 13.0 Å². The van der Waals surface area contributed by atoms with Gasteiger partial charge in [0.25, 0.3) is 0 Å². The third-order valence-electron chi connectivity index (χ3n) is 7.12. The van der Waals surface area contributed by atoms with Gasteiger partial charge in [0.05, 0.1) is 40.0 Å². The predicted molar refractivity (Wildman–Crippen MR) is 144 cm³/mol. The quantitative estimate of drug-likeness (QED) is 0.378. The number of anilines is 3. The molecule has 1 fully saturated rings. The van der Waals surface area contributed by atoms with Gasteiger partial charge in [0, 0.05) is 38.4 Å². The Bertz CT molecular complexity index is 1650. The van der Waals surface area contributed by atoms with E-state index in [0.717, 1.165) is 81.6 Å². The molecule has 2 N–H and O–H groups in total. The molecule has 9 heteroatoms. The Kier molecular flexibility index (Phi) is 5.10. The smallest absolute Gasteiger partial charge is 0.155 e. The number of piperazine rings is 1. The zero-order valence-electron chi connectivity index (χ0n) is 20.7. The summed E-state index contributed by atoms with van der Waals surface area (Å²) in [5.74, 6) is 3.11.